The Hall–Kier alpha value is -2.22. The van der Waals surface area contributed by atoms with E-state index < -0.39 is 25.1 Å². The normalized spacial score (nSPS) is 11.7. The van der Waals surface area contributed by atoms with Gasteiger partial charge in [0.2, 0.25) is 20.0 Å². The summed E-state index contributed by atoms with van der Waals surface area (Å²) in [5, 5.41) is 34.0. The SMILES string of the molecule is N#CCCCCCCCCN(CCCCCCCCC#N)S(=O)(=O)CS(=O)(=O)N(CCCCCCCCC#N)CCCCCCCCC#N. The van der Waals surface area contributed by atoms with Crippen LogP contribution in [-0.4, -0.2) is 56.7 Å². The zero-order chi connectivity index (χ0) is 36.3. The molecule has 0 spiro atoms. The highest BCUT2D eigenvalue weighted by Crippen LogP contribution is 2.18. The molecule has 0 aliphatic heterocycles. The van der Waals surface area contributed by atoms with Gasteiger partial charge >= 0.3 is 0 Å². The van der Waals surface area contributed by atoms with Crippen LogP contribution < -0.4 is 0 Å². The number of hydrogen-bond donors (Lipinski definition) is 0. The number of unbranched alkanes of at least 4 members (excludes halogenated alkanes) is 24. The van der Waals surface area contributed by atoms with Crippen molar-refractivity contribution in [2.24, 2.45) is 0 Å². The summed E-state index contributed by atoms with van der Waals surface area (Å²) < 4.78 is 57.8. The van der Waals surface area contributed by atoms with E-state index in [0.29, 0.717) is 77.5 Å². The van der Waals surface area contributed by atoms with Crippen molar-refractivity contribution in [3.63, 3.8) is 0 Å². The lowest BCUT2D eigenvalue weighted by Gasteiger charge is -2.26. The molecule has 12 heteroatoms. The van der Waals surface area contributed by atoms with Gasteiger partial charge in [0.1, 0.15) is 0 Å². The highest BCUT2D eigenvalue weighted by molar-refractivity contribution is 8.05. The molecule has 0 heterocycles. The topological polar surface area (TPSA) is 170 Å². The van der Waals surface area contributed by atoms with Gasteiger partial charge in [0.15, 0.2) is 5.08 Å². The largest absolute Gasteiger partial charge is 0.229 e. The van der Waals surface area contributed by atoms with E-state index in [9.17, 15) is 16.8 Å². The number of rotatable bonds is 36. The number of sulfonamides is 2. The maximum Gasteiger partial charge on any atom is 0.229 e. The fraction of sp³-hybridized carbons (Fsp3) is 0.892. The Balaban J connectivity index is 5.34. The maximum atomic E-state index is 13.7. The standard InChI is InChI=1S/C37H66N6O4S2/c38-29-21-13-5-1-9-17-25-33-42(34-26-18-10-2-6-14-22-30-39)48(44,45)37-49(46,47)43(35-27-19-11-3-7-15-23-31-40)36-28-20-12-4-8-16-24-32-41/h1-28,33-37H2. The van der Waals surface area contributed by atoms with E-state index in [4.69, 9.17) is 21.0 Å². The van der Waals surface area contributed by atoms with Gasteiger partial charge in [0.25, 0.3) is 0 Å². The molecule has 0 atom stereocenters. The number of hydrogen-bond acceptors (Lipinski definition) is 8. The molecule has 280 valence electrons. The molecule has 0 saturated carbocycles. The molecule has 0 aromatic rings. The second kappa shape index (κ2) is 33.0. The summed E-state index contributed by atoms with van der Waals surface area (Å²) in [5.74, 6) is 0. The lowest BCUT2D eigenvalue weighted by molar-refractivity contribution is 0.377. The molecule has 0 unspecified atom stereocenters. The van der Waals surface area contributed by atoms with E-state index in [-0.39, 0.29) is 0 Å². The van der Waals surface area contributed by atoms with Crippen molar-refractivity contribution in [3.05, 3.63) is 0 Å². The van der Waals surface area contributed by atoms with Gasteiger partial charge in [-0.25, -0.2) is 25.4 Å². The summed E-state index contributed by atoms with van der Waals surface area (Å²) in [5.41, 5.74) is 0. The summed E-state index contributed by atoms with van der Waals surface area (Å²) in [4.78, 5) is 0. The molecule has 10 nitrogen and oxygen atoms in total. The van der Waals surface area contributed by atoms with Gasteiger partial charge in [-0.05, 0) is 51.4 Å². The summed E-state index contributed by atoms with van der Waals surface area (Å²) in [6, 6.07) is 8.65. The Morgan fingerprint density at radius 2 is 0.490 bits per heavy atom. The molecular formula is C37H66N6O4S2. The van der Waals surface area contributed by atoms with Crippen LogP contribution in [-0.2, 0) is 20.0 Å². The van der Waals surface area contributed by atoms with Gasteiger partial charge in [-0.1, -0.05) is 103 Å². The molecule has 0 bridgehead atoms. The summed E-state index contributed by atoms with van der Waals surface area (Å²) in [6.07, 6.45) is 23.7. The first-order valence-electron chi connectivity index (χ1n) is 19.2. The molecule has 0 amide bonds. The fourth-order valence-corrected chi connectivity index (χ4v) is 10.2. The smallest absolute Gasteiger partial charge is 0.211 e. The molecule has 49 heavy (non-hydrogen) atoms. The summed E-state index contributed by atoms with van der Waals surface area (Å²) in [7, 11) is -8.10. The van der Waals surface area contributed by atoms with Crippen LogP contribution in [0.1, 0.15) is 180 Å². The number of nitrogens with zero attached hydrogens (tertiary/aromatic N) is 6. The van der Waals surface area contributed by atoms with Gasteiger partial charge in [0, 0.05) is 51.9 Å². The predicted octanol–water partition coefficient (Wildman–Crippen LogP) is 9.22. The minimum atomic E-state index is -4.05. The molecule has 0 fully saturated rings. The van der Waals surface area contributed by atoms with Gasteiger partial charge in [-0.15, -0.1) is 0 Å². The van der Waals surface area contributed by atoms with Crippen LogP contribution in [0.5, 0.6) is 0 Å². The lowest BCUT2D eigenvalue weighted by atomic mass is 10.1. The molecule has 0 aromatic heterocycles. The van der Waals surface area contributed by atoms with Crippen LogP contribution in [0, 0.1) is 45.3 Å². The lowest BCUT2D eigenvalue weighted by Crippen LogP contribution is -2.42. The van der Waals surface area contributed by atoms with Crippen molar-refractivity contribution in [1.29, 1.82) is 21.0 Å². The van der Waals surface area contributed by atoms with E-state index in [1.165, 1.54) is 8.61 Å². The van der Waals surface area contributed by atoms with E-state index in [1.54, 1.807) is 0 Å². The van der Waals surface area contributed by atoms with Gasteiger partial charge in [0.05, 0.1) is 24.3 Å². The minimum absolute atomic E-state index is 0.315. The fourth-order valence-electron chi connectivity index (χ4n) is 5.91. The first-order valence-corrected chi connectivity index (χ1v) is 22.4. The van der Waals surface area contributed by atoms with Crippen LogP contribution in [0.3, 0.4) is 0 Å². The maximum absolute atomic E-state index is 13.7. The highest BCUT2D eigenvalue weighted by Gasteiger charge is 2.32. The molecular weight excluding hydrogens is 657 g/mol. The van der Waals surface area contributed by atoms with Crippen molar-refractivity contribution in [2.45, 2.75) is 180 Å². The van der Waals surface area contributed by atoms with E-state index in [0.717, 1.165) is 128 Å². The van der Waals surface area contributed by atoms with Gasteiger partial charge in [-0.2, -0.15) is 21.0 Å². The molecule has 0 aliphatic carbocycles. The zero-order valence-corrected chi connectivity index (χ0v) is 32.1. The van der Waals surface area contributed by atoms with Crippen LogP contribution in [0.2, 0.25) is 0 Å². The van der Waals surface area contributed by atoms with E-state index in [2.05, 4.69) is 24.3 Å². The molecule has 0 saturated heterocycles. The van der Waals surface area contributed by atoms with Crippen LogP contribution in [0.4, 0.5) is 0 Å². The summed E-state index contributed by atoms with van der Waals surface area (Å²) >= 11 is 0. The Morgan fingerprint density at radius 1 is 0.306 bits per heavy atom. The van der Waals surface area contributed by atoms with Crippen molar-refractivity contribution >= 4 is 20.0 Å². The summed E-state index contributed by atoms with van der Waals surface area (Å²) in [6.45, 7) is 1.26. The van der Waals surface area contributed by atoms with Crippen molar-refractivity contribution in [1.82, 2.24) is 8.61 Å². The van der Waals surface area contributed by atoms with Crippen molar-refractivity contribution in [3.8, 4) is 24.3 Å². The monoisotopic (exact) mass is 722 g/mol. The third-order valence-electron chi connectivity index (χ3n) is 8.87. The molecule has 0 aliphatic rings. The Morgan fingerprint density at radius 3 is 0.694 bits per heavy atom. The minimum Gasteiger partial charge on any atom is -0.211 e. The predicted molar refractivity (Wildman–Crippen MR) is 198 cm³/mol. The van der Waals surface area contributed by atoms with Crippen molar-refractivity contribution < 1.29 is 16.8 Å². The Labute approximate surface area is 300 Å². The van der Waals surface area contributed by atoms with Gasteiger partial charge in [-0.3, -0.25) is 0 Å². The average Bonchev–Trinajstić information content (AvgIpc) is 3.06. The van der Waals surface area contributed by atoms with Crippen LogP contribution in [0.25, 0.3) is 0 Å². The van der Waals surface area contributed by atoms with Crippen LogP contribution >= 0.6 is 0 Å². The Bertz CT molecular complexity index is 1030. The molecule has 0 N–H and O–H groups in total. The third kappa shape index (κ3) is 28.2. The van der Waals surface area contributed by atoms with E-state index >= 15 is 0 Å². The first kappa shape index (κ1) is 46.8. The molecule has 0 radical (unpaired) electrons. The Kier molecular flexibility index (Phi) is 31.5. The zero-order valence-electron chi connectivity index (χ0n) is 30.5. The van der Waals surface area contributed by atoms with Crippen LogP contribution in [0.15, 0.2) is 0 Å². The quantitative estimate of drug-likeness (QED) is 0.0576. The molecule has 0 aromatic carbocycles. The van der Waals surface area contributed by atoms with Gasteiger partial charge < -0.3 is 0 Å². The second-order valence-corrected chi connectivity index (χ2v) is 17.6. The van der Waals surface area contributed by atoms with E-state index in [1.807, 2.05) is 0 Å². The molecule has 0 rings (SSSR count). The third-order valence-corrected chi connectivity index (χ3v) is 13.6. The second-order valence-electron chi connectivity index (χ2n) is 13.3. The highest BCUT2D eigenvalue weighted by atomic mass is 32.3. The first-order chi connectivity index (χ1) is 23.7. The van der Waals surface area contributed by atoms with Crippen molar-refractivity contribution in [2.75, 3.05) is 31.3 Å². The average molecular weight is 723 g/mol. The number of nitriles is 4.